The highest BCUT2D eigenvalue weighted by Gasteiger charge is 2.04. The number of aromatic nitrogens is 1. The minimum atomic E-state index is 0.619. The SMILES string of the molecule is CCC(C)c1cc(C)nc(NC)c1. The van der Waals surface area contributed by atoms with Gasteiger partial charge in [-0.1, -0.05) is 13.8 Å². The first-order valence-electron chi connectivity index (χ1n) is 4.83. The lowest BCUT2D eigenvalue weighted by Crippen LogP contribution is -1.99. The average Bonchev–Trinajstić information content (AvgIpc) is 2.15. The summed E-state index contributed by atoms with van der Waals surface area (Å²) in [5.74, 6) is 1.59. The zero-order valence-electron chi connectivity index (χ0n) is 8.89. The summed E-state index contributed by atoms with van der Waals surface area (Å²) in [7, 11) is 1.90. The maximum absolute atomic E-state index is 4.36. The number of hydrogen-bond donors (Lipinski definition) is 1. The second-order valence-electron chi connectivity index (χ2n) is 3.49. The van der Waals surface area contributed by atoms with E-state index in [0.717, 1.165) is 11.5 Å². The molecule has 0 saturated carbocycles. The fourth-order valence-electron chi connectivity index (χ4n) is 1.34. The Morgan fingerprint density at radius 2 is 2.15 bits per heavy atom. The Balaban J connectivity index is 3.01. The molecule has 0 saturated heterocycles. The summed E-state index contributed by atoms with van der Waals surface area (Å²) in [6.07, 6.45) is 1.17. The van der Waals surface area contributed by atoms with Gasteiger partial charge >= 0.3 is 0 Å². The summed E-state index contributed by atoms with van der Waals surface area (Å²) in [6, 6.07) is 4.29. The highest BCUT2D eigenvalue weighted by molar-refractivity contribution is 5.40. The van der Waals surface area contributed by atoms with Gasteiger partial charge in [-0.3, -0.25) is 0 Å². The summed E-state index contributed by atoms with van der Waals surface area (Å²) < 4.78 is 0. The number of pyridine rings is 1. The van der Waals surface area contributed by atoms with E-state index < -0.39 is 0 Å². The van der Waals surface area contributed by atoms with Crippen molar-refractivity contribution in [3.8, 4) is 0 Å². The van der Waals surface area contributed by atoms with Gasteiger partial charge in [-0.15, -0.1) is 0 Å². The molecular weight excluding hydrogens is 160 g/mol. The molecule has 1 unspecified atom stereocenters. The summed E-state index contributed by atoms with van der Waals surface area (Å²) in [5, 5.41) is 3.08. The molecule has 1 aromatic rings. The Hall–Kier alpha value is -1.05. The molecule has 0 aliphatic heterocycles. The molecule has 1 atom stereocenters. The topological polar surface area (TPSA) is 24.9 Å². The van der Waals surface area contributed by atoms with E-state index in [4.69, 9.17) is 0 Å². The normalized spacial score (nSPS) is 12.6. The van der Waals surface area contributed by atoms with Crippen molar-refractivity contribution in [2.45, 2.75) is 33.1 Å². The fraction of sp³-hybridized carbons (Fsp3) is 0.545. The lowest BCUT2D eigenvalue weighted by atomic mass is 9.99. The summed E-state index contributed by atoms with van der Waals surface area (Å²) in [4.78, 5) is 4.36. The largest absolute Gasteiger partial charge is 0.373 e. The van der Waals surface area contributed by atoms with Crippen LogP contribution in [0, 0.1) is 6.92 Å². The van der Waals surface area contributed by atoms with E-state index in [1.54, 1.807) is 0 Å². The van der Waals surface area contributed by atoms with Crippen LogP contribution < -0.4 is 5.32 Å². The number of aryl methyl sites for hydroxylation is 1. The van der Waals surface area contributed by atoms with Crippen molar-refractivity contribution in [1.29, 1.82) is 0 Å². The van der Waals surface area contributed by atoms with E-state index in [1.807, 2.05) is 14.0 Å². The number of anilines is 1. The smallest absolute Gasteiger partial charge is 0.126 e. The van der Waals surface area contributed by atoms with Gasteiger partial charge in [0.05, 0.1) is 0 Å². The van der Waals surface area contributed by atoms with Crippen molar-refractivity contribution in [2.75, 3.05) is 12.4 Å². The van der Waals surface area contributed by atoms with E-state index in [-0.39, 0.29) is 0 Å². The molecule has 0 aromatic carbocycles. The average molecular weight is 178 g/mol. The number of rotatable bonds is 3. The van der Waals surface area contributed by atoms with Crippen LogP contribution in [-0.2, 0) is 0 Å². The monoisotopic (exact) mass is 178 g/mol. The summed E-state index contributed by atoms with van der Waals surface area (Å²) in [5.41, 5.74) is 2.46. The molecular formula is C11H18N2. The van der Waals surface area contributed by atoms with Crippen molar-refractivity contribution < 1.29 is 0 Å². The van der Waals surface area contributed by atoms with Gasteiger partial charge in [-0.25, -0.2) is 4.98 Å². The third-order valence-corrected chi connectivity index (χ3v) is 2.41. The molecule has 0 radical (unpaired) electrons. The van der Waals surface area contributed by atoms with E-state index in [0.29, 0.717) is 5.92 Å². The summed E-state index contributed by atoms with van der Waals surface area (Å²) >= 11 is 0. The Labute approximate surface area is 80.4 Å². The Morgan fingerprint density at radius 3 is 2.69 bits per heavy atom. The molecule has 2 nitrogen and oxygen atoms in total. The van der Waals surface area contributed by atoms with Crippen LogP contribution >= 0.6 is 0 Å². The van der Waals surface area contributed by atoms with Gasteiger partial charge in [-0.2, -0.15) is 0 Å². The molecule has 0 amide bonds. The zero-order valence-corrected chi connectivity index (χ0v) is 8.89. The first-order valence-corrected chi connectivity index (χ1v) is 4.83. The predicted molar refractivity (Wildman–Crippen MR) is 57.2 cm³/mol. The second kappa shape index (κ2) is 4.26. The first-order chi connectivity index (χ1) is 6.17. The number of hydrogen-bond acceptors (Lipinski definition) is 2. The van der Waals surface area contributed by atoms with Crippen LogP contribution in [0.2, 0.25) is 0 Å². The van der Waals surface area contributed by atoms with Crippen LogP contribution in [-0.4, -0.2) is 12.0 Å². The molecule has 13 heavy (non-hydrogen) atoms. The van der Waals surface area contributed by atoms with Crippen LogP contribution in [0.25, 0.3) is 0 Å². The molecule has 1 aromatic heterocycles. The van der Waals surface area contributed by atoms with Gasteiger partial charge in [-0.05, 0) is 37.0 Å². The van der Waals surface area contributed by atoms with Crippen LogP contribution in [0.1, 0.15) is 37.4 Å². The van der Waals surface area contributed by atoms with Gasteiger partial charge in [0.2, 0.25) is 0 Å². The van der Waals surface area contributed by atoms with Crippen LogP contribution in [0.3, 0.4) is 0 Å². The van der Waals surface area contributed by atoms with Gasteiger partial charge < -0.3 is 5.32 Å². The molecule has 72 valence electrons. The standard InChI is InChI=1S/C11H18N2/c1-5-8(2)10-6-9(3)13-11(7-10)12-4/h6-8H,5H2,1-4H3,(H,12,13). The Bertz CT molecular complexity index is 281. The Morgan fingerprint density at radius 1 is 1.46 bits per heavy atom. The molecule has 2 heteroatoms. The molecule has 0 spiro atoms. The van der Waals surface area contributed by atoms with E-state index in [2.05, 4.69) is 36.3 Å². The molecule has 0 aliphatic rings. The van der Waals surface area contributed by atoms with E-state index in [9.17, 15) is 0 Å². The van der Waals surface area contributed by atoms with Crippen molar-refractivity contribution >= 4 is 5.82 Å². The fourth-order valence-corrected chi connectivity index (χ4v) is 1.34. The second-order valence-corrected chi connectivity index (χ2v) is 3.49. The van der Waals surface area contributed by atoms with Crippen molar-refractivity contribution in [1.82, 2.24) is 4.98 Å². The molecule has 1 heterocycles. The highest BCUT2D eigenvalue weighted by atomic mass is 15.0. The molecule has 0 fully saturated rings. The maximum atomic E-state index is 4.36. The third-order valence-electron chi connectivity index (χ3n) is 2.41. The summed E-state index contributed by atoms with van der Waals surface area (Å²) in [6.45, 7) is 6.49. The lowest BCUT2D eigenvalue weighted by molar-refractivity contribution is 0.731. The minimum Gasteiger partial charge on any atom is -0.373 e. The molecule has 0 bridgehead atoms. The van der Waals surface area contributed by atoms with Crippen molar-refractivity contribution in [3.05, 3.63) is 23.4 Å². The molecule has 1 rings (SSSR count). The molecule has 0 aliphatic carbocycles. The number of nitrogens with zero attached hydrogens (tertiary/aromatic N) is 1. The van der Waals surface area contributed by atoms with Crippen LogP contribution in [0.4, 0.5) is 5.82 Å². The van der Waals surface area contributed by atoms with E-state index in [1.165, 1.54) is 12.0 Å². The lowest BCUT2D eigenvalue weighted by Gasteiger charge is -2.11. The first kappa shape index (κ1) is 10.0. The quantitative estimate of drug-likeness (QED) is 0.769. The van der Waals surface area contributed by atoms with Crippen LogP contribution in [0.15, 0.2) is 12.1 Å². The predicted octanol–water partition coefficient (Wildman–Crippen LogP) is 2.95. The van der Waals surface area contributed by atoms with E-state index >= 15 is 0 Å². The van der Waals surface area contributed by atoms with Crippen LogP contribution in [0.5, 0.6) is 0 Å². The van der Waals surface area contributed by atoms with Gasteiger partial charge in [0.25, 0.3) is 0 Å². The maximum Gasteiger partial charge on any atom is 0.126 e. The van der Waals surface area contributed by atoms with Gasteiger partial charge in [0, 0.05) is 12.7 Å². The molecule has 1 N–H and O–H groups in total. The zero-order chi connectivity index (χ0) is 9.84. The number of nitrogens with one attached hydrogen (secondary N) is 1. The van der Waals surface area contributed by atoms with Crippen molar-refractivity contribution in [2.24, 2.45) is 0 Å². The van der Waals surface area contributed by atoms with Gasteiger partial charge in [0.15, 0.2) is 0 Å². The third kappa shape index (κ3) is 2.44. The van der Waals surface area contributed by atoms with Gasteiger partial charge in [0.1, 0.15) is 5.82 Å². The Kier molecular flexibility index (Phi) is 3.29. The minimum absolute atomic E-state index is 0.619. The van der Waals surface area contributed by atoms with Crippen molar-refractivity contribution in [3.63, 3.8) is 0 Å². The highest BCUT2D eigenvalue weighted by Crippen LogP contribution is 2.21.